The Morgan fingerprint density at radius 1 is 1.14 bits per heavy atom. The molecule has 0 saturated carbocycles. The van der Waals surface area contributed by atoms with Crippen LogP contribution in [-0.4, -0.2) is 28.5 Å². The molecule has 1 atom stereocenters. The summed E-state index contributed by atoms with van der Waals surface area (Å²) in [5.74, 6) is 0.138. The molecule has 0 fully saturated rings. The molecule has 4 rings (SSSR count). The quantitative estimate of drug-likeness (QED) is 0.735. The highest BCUT2D eigenvalue weighted by molar-refractivity contribution is 6.07. The van der Waals surface area contributed by atoms with Crippen molar-refractivity contribution in [3.05, 3.63) is 83.4 Å². The van der Waals surface area contributed by atoms with Gasteiger partial charge >= 0.3 is 0 Å². The number of rotatable bonds is 5. The van der Waals surface area contributed by atoms with Crippen LogP contribution in [0.5, 0.6) is 0 Å². The van der Waals surface area contributed by atoms with E-state index >= 15 is 0 Å². The summed E-state index contributed by atoms with van der Waals surface area (Å²) in [6.07, 6.45) is 4.70. The Bertz CT molecular complexity index is 973. The molecule has 6 heteroatoms. The molecule has 1 amide bonds. The smallest absolute Gasteiger partial charge is 0.261 e. The van der Waals surface area contributed by atoms with Gasteiger partial charge in [-0.1, -0.05) is 30.3 Å². The van der Waals surface area contributed by atoms with Gasteiger partial charge in [-0.3, -0.25) is 4.79 Å². The number of hydrogen-bond donors (Lipinski definition) is 1. The molecule has 0 aliphatic carbocycles. The molecule has 142 valence electrons. The Kier molecular flexibility index (Phi) is 5.02. The van der Waals surface area contributed by atoms with E-state index in [1.807, 2.05) is 30.0 Å². The minimum Gasteiger partial charge on any atom is -0.354 e. The summed E-state index contributed by atoms with van der Waals surface area (Å²) in [6, 6.07) is 14.5. The van der Waals surface area contributed by atoms with Crippen LogP contribution in [0.25, 0.3) is 0 Å². The number of para-hydroxylation sites is 1. The summed E-state index contributed by atoms with van der Waals surface area (Å²) in [6.45, 7) is 2.67. The van der Waals surface area contributed by atoms with Gasteiger partial charge in [0, 0.05) is 30.7 Å². The predicted molar refractivity (Wildman–Crippen MR) is 107 cm³/mol. The van der Waals surface area contributed by atoms with E-state index < -0.39 is 0 Å². The molecule has 2 heterocycles. The van der Waals surface area contributed by atoms with Crippen LogP contribution in [0.1, 0.15) is 28.4 Å². The van der Waals surface area contributed by atoms with Gasteiger partial charge in [-0.15, -0.1) is 0 Å². The number of halogens is 1. The molecule has 0 saturated heterocycles. The molecule has 1 unspecified atom stereocenters. The molecule has 1 aliphatic rings. The first-order chi connectivity index (χ1) is 13.6. The Morgan fingerprint density at radius 2 is 1.86 bits per heavy atom. The maximum Gasteiger partial charge on any atom is 0.261 e. The van der Waals surface area contributed by atoms with E-state index in [0.29, 0.717) is 18.1 Å². The van der Waals surface area contributed by atoms with Crippen LogP contribution in [-0.2, 0) is 12.8 Å². The lowest BCUT2D eigenvalue weighted by atomic mass is 10.1. The monoisotopic (exact) mass is 376 g/mol. The first kappa shape index (κ1) is 18.1. The molecule has 0 radical (unpaired) electrons. The molecule has 0 bridgehead atoms. The van der Waals surface area contributed by atoms with Crippen molar-refractivity contribution in [1.29, 1.82) is 0 Å². The Hall–Kier alpha value is -3.28. The molecule has 5 nitrogen and oxygen atoms in total. The molecule has 1 aromatic heterocycles. The predicted octanol–water partition coefficient (Wildman–Crippen LogP) is 3.86. The number of benzene rings is 2. The van der Waals surface area contributed by atoms with Gasteiger partial charge < -0.3 is 10.2 Å². The van der Waals surface area contributed by atoms with Gasteiger partial charge in [-0.05, 0) is 49.1 Å². The maximum absolute atomic E-state index is 13.0. The van der Waals surface area contributed by atoms with Gasteiger partial charge in [0.05, 0.1) is 5.56 Å². The number of nitrogens with one attached hydrogen (secondary N) is 1. The van der Waals surface area contributed by atoms with Crippen molar-refractivity contribution in [2.24, 2.45) is 0 Å². The molecule has 1 N–H and O–H groups in total. The van der Waals surface area contributed by atoms with E-state index in [2.05, 4.69) is 21.4 Å². The SMILES string of the molecule is CC1Cc2ccccc2N1C(=O)c1cnc(NCCc2ccc(F)cc2)nc1. The van der Waals surface area contributed by atoms with Crippen LogP contribution >= 0.6 is 0 Å². The van der Waals surface area contributed by atoms with E-state index in [9.17, 15) is 9.18 Å². The number of hydrogen-bond acceptors (Lipinski definition) is 4. The summed E-state index contributed by atoms with van der Waals surface area (Å²) >= 11 is 0. The Balaban J connectivity index is 1.39. The van der Waals surface area contributed by atoms with Gasteiger partial charge in [-0.2, -0.15) is 0 Å². The third-order valence-electron chi connectivity index (χ3n) is 4.93. The van der Waals surface area contributed by atoms with Crippen molar-refractivity contribution in [1.82, 2.24) is 9.97 Å². The number of anilines is 2. The zero-order valence-electron chi connectivity index (χ0n) is 15.6. The van der Waals surface area contributed by atoms with E-state index in [1.54, 1.807) is 24.5 Å². The van der Waals surface area contributed by atoms with E-state index in [0.717, 1.165) is 24.1 Å². The standard InChI is InChI=1S/C22H21FN4O/c1-15-12-17-4-2-3-5-20(17)27(15)21(28)18-13-25-22(26-14-18)24-11-10-16-6-8-19(23)9-7-16/h2-9,13-15H,10-12H2,1H3,(H,24,25,26). The first-order valence-electron chi connectivity index (χ1n) is 9.33. The largest absolute Gasteiger partial charge is 0.354 e. The van der Waals surface area contributed by atoms with Crippen molar-refractivity contribution < 1.29 is 9.18 Å². The average Bonchev–Trinajstić information content (AvgIpc) is 3.05. The van der Waals surface area contributed by atoms with Crippen LogP contribution in [0.3, 0.4) is 0 Å². The van der Waals surface area contributed by atoms with Crippen molar-refractivity contribution in [3.8, 4) is 0 Å². The second-order valence-electron chi connectivity index (χ2n) is 6.96. The molecular formula is C22H21FN4O. The molecule has 3 aromatic rings. The molecule has 1 aliphatic heterocycles. The third kappa shape index (κ3) is 3.71. The van der Waals surface area contributed by atoms with Gasteiger partial charge in [0.2, 0.25) is 5.95 Å². The van der Waals surface area contributed by atoms with Gasteiger partial charge in [0.15, 0.2) is 0 Å². The topological polar surface area (TPSA) is 58.1 Å². The van der Waals surface area contributed by atoms with Crippen LogP contribution in [0, 0.1) is 5.82 Å². The van der Waals surface area contributed by atoms with Crippen LogP contribution in [0.2, 0.25) is 0 Å². The highest BCUT2D eigenvalue weighted by Crippen LogP contribution is 2.32. The van der Waals surface area contributed by atoms with Gasteiger partial charge in [0.1, 0.15) is 5.82 Å². The van der Waals surface area contributed by atoms with Crippen LogP contribution < -0.4 is 10.2 Å². The van der Waals surface area contributed by atoms with Crippen molar-refractivity contribution in [2.45, 2.75) is 25.8 Å². The second kappa shape index (κ2) is 7.76. The van der Waals surface area contributed by atoms with E-state index in [1.165, 1.54) is 17.7 Å². The van der Waals surface area contributed by atoms with Crippen molar-refractivity contribution in [3.63, 3.8) is 0 Å². The Labute approximate surface area is 163 Å². The first-order valence-corrected chi connectivity index (χ1v) is 9.33. The zero-order valence-corrected chi connectivity index (χ0v) is 15.6. The maximum atomic E-state index is 13.0. The number of fused-ring (bicyclic) bond motifs is 1. The zero-order chi connectivity index (χ0) is 19.5. The second-order valence-corrected chi connectivity index (χ2v) is 6.96. The fraction of sp³-hybridized carbons (Fsp3) is 0.227. The highest BCUT2D eigenvalue weighted by atomic mass is 19.1. The number of aromatic nitrogens is 2. The van der Waals surface area contributed by atoms with Crippen LogP contribution in [0.15, 0.2) is 60.9 Å². The van der Waals surface area contributed by atoms with E-state index in [-0.39, 0.29) is 17.8 Å². The lowest BCUT2D eigenvalue weighted by Crippen LogP contribution is -2.35. The Morgan fingerprint density at radius 3 is 2.61 bits per heavy atom. The average molecular weight is 376 g/mol. The summed E-state index contributed by atoms with van der Waals surface area (Å²) in [4.78, 5) is 23.3. The van der Waals surface area contributed by atoms with Gasteiger partial charge in [0.25, 0.3) is 5.91 Å². The number of carbonyl (C=O) groups is 1. The number of nitrogens with zero attached hydrogens (tertiary/aromatic N) is 3. The normalized spacial score (nSPS) is 15.4. The molecule has 28 heavy (non-hydrogen) atoms. The number of amides is 1. The molecule has 2 aromatic carbocycles. The van der Waals surface area contributed by atoms with Crippen molar-refractivity contribution >= 4 is 17.5 Å². The lowest BCUT2D eigenvalue weighted by molar-refractivity contribution is 0.0981. The summed E-state index contributed by atoms with van der Waals surface area (Å²) in [5.41, 5.74) is 3.64. The van der Waals surface area contributed by atoms with Gasteiger partial charge in [-0.25, -0.2) is 14.4 Å². The fourth-order valence-electron chi connectivity index (χ4n) is 3.51. The third-order valence-corrected chi connectivity index (χ3v) is 4.93. The highest BCUT2D eigenvalue weighted by Gasteiger charge is 2.31. The minimum atomic E-state index is -0.241. The summed E-state index contributed by atoms with van der Waals surface area (Å²) in [7, 11) is 0. The van der Waals surface area contributed by atoms with E-state index in [4.69, 9.17) is 0 Å². The van der Waals surface area contributed by atoms with Crippen molar-refractivity contribution in [2.75, 3.05) is 16.8 Å². The molecular weight excluding hydrogens is 355 g/mol. The number of carbonyl (C=O) groups excluding carboxylic acids is 1. The summed E-state index contributed by atoms with van der Waals surface area (Å²) < 4.78 is 12.9. The van der Waals surface area contributed by atoms with Crippen LogP contribution in [0.4, 0.5) is 16.0 Å². The molecule has 0 spiro atoms. The summed E-state index contributed by atoms with van der Waals surface area (Å²) in [5, 5.41) is 3.13. The lowest BCUT2D eigenvalue weighted by Gasteiger charge is -2.22. The fourth-order valence-corrected chi connectivity index (χ4v) is 3.51. The minimum absolute atomic E-state index is 0.0877.